The van der Waals surface area contributed by atoms with Crippen LogP contribution in [-0.2, 0) is 6.42 Å². The average Bonchev–Trinajstić information content (AvgIpc) is 3.08. The van der Waals surface area contributed by atoms with Gasteiger partial charge in [-0.3, -0.25) is 0 Å². The van der Waals surface area contributed by atoms with Crippen molar-refractivity contribution in [1.82, 2.24) is 29.8 Å². The van der Waals surface area contributed by atoms with E-state index in [9.17, 15) is 4.79 Å². The predicted molar refractivity (Wildman–Crippen MR) is 122 cm³/mol. The van der Waals surface area contributed by atoms with Crippen molar-refractivity contribution in [3.8, 4) is 0 Å². The fraction of sp³-hybridized carbons (Fsp3) is 0.739. The Bertz CT molecular complexity index is 872. The molecule has 2 fully saturated rings. The van der Waals surface area contributed by atoms with E-state index in [1.807, 2.05) is 18.4 Å². The fourth-order valence-corrected chi connectivity index (χ4v) is 5.17. The third-order valence-corrected chi connectivity index (χ3v) is 6.67. The number of likely N-dealkylation sites (tertiary alicyclic amines) is 1. The van der Waals surface area contributed by atoms with Crippen LogP contribution in [0.4, 0.5) is 10.6 Å². The molecule has 1 atom stereocenters. The van der Waals surface area contributed by atoms with Gasteiger partial charge in [0.05, 0.1) is 0 Å². The molecule has 4 rings (SSSR count). The third kappa shape index (κ3) is 4.93. The van der Waals surface area contributed by atoms with E-state index in [0.717, 1.165) is 69.7 Å². The first-order valence-electron chi connectivity index (χ1n) is 12.1. The Morgan fingerprint density at radius 1 is 1.16 bits per heavy atom. The topological polar surface area (TPSA) is 78.7 Å². The van der Waals surface area contributed by atoms with Gasteiger partial charge in [-0.25, -0.2) is 9.78 Å². The highest BCUT2D eigenvalue weighted by atomic mass is 16.2. The number of urea groups is 1. The molecule has 170 valence electrons. The quantitative estimate of drug-likeness (QED) is 0.788. The summed E-state index contributed by atoms with van der Waals surface area (Å²) in [5, 5.41) is 7.55. The number of rotatable bonds is 5. The van der Waals surface area contributed by atoms with E-state index in [2.05, 4.69) is 43.2 Å². The fourth-order valence-electron chi connectivity index (χ4n) is 5.17. The van der Waals surface area contributed by atoms with Gasteiger partial charge >= 0.3 is 6.03 Å². The molecule has 4 heterocycles. The first-order chi connectivity index (χ1) is 15.1. The number of aromatic nitrogens is 4. The molecule has 1 N–H and O–H groups in total. The second-order valence-corrected chi connectivity index (χ2v) is 9.37. The zero-order valence-corrected chi connectivity index (χ0v) is 19.3. The summed E-state index contributed by atoms with van der Waals surface area (Å²) in [4.78, 5) is 26.4. The van der Waals surface area contributed by atoms with Gasteiger partial charge in [-0.05, 0) is 51.9 Å². The molecule has 0 aliphatic carbocycles. The van der Waals surface area contributed by atoms with Gasteiger partial charge in [-0.2, -0.15) is 14.6 Å². The molecule has 2 aromatic heterocycles. The number of carbonyl (C=O) groups excluding carboxylic acids is 1. The zero-order chi connectivity index (χ0) is 21.8. The third-order valence-electron chi connectivity index (χ3n) is 6.67. The van der Waals surface area contributed by atoms with Crippen LogP contribution in [0.25, 0.3) is 5.78 Å². The lowest BCUT2D eigenvalue weighted by Crippen LogP contribution is -2.52. The average molecular weight is 428 g/mol. The van der Waals surface area contributed by atoms with Crippen LogP contribution in [0.1, 0.15) is 71.4 Å². The van der Waals surface area contributed by atoms with E-state index in [1.165, 1.54) is 12.8 Å². The van der Waals surface area contributed by atoms with Crippen LogP contribution in [0.5, 0.6) is 0 Å². The Morgan fingerprint density at radius 2 is 1.97 bits per heavy atom. The van der Waals surface area contributed by atoms with Crippen molar-refractivity contribution >= 4 is 17.6 Å². The highest BCUT2D eigenvalue weighted by Crippen LogP contribution is 2.32. The molecule has 0 bridgehead atoms. The number of nitrogens with zero attached hydrogens (tertiary/aromatic N) is 6. The molecule has 8 nitrogen and oxygen atoms in total. The van der Waals surface area contributed by atoms with Crippen LogP contribution in [0, 0.1) is 5.92 Å². The normalized spacial score (nSPS) is 21.0. The Labute approximate surface area is 185 Å². The standard InChI is InChI=1S/C23H37N7O/c1-4-8-19-15-21(30-22(27-19)24-16-25-30)28-13-10-18(11-14-28)20-9-6-5-7-12-29(20)23(31)26-17(2)3/h15-18,20H,4-14H2,1-3H3,(H,26,31)/t20-/m0/s1. The second kappa shape index (κ2) is 9.83. The van der Waals surface area contributed by atoms with Crippen molar-refractivity contribution in [2.75, 3.05) is 24.5 Å². The van der Waals surface area contributed by atoms with Crippen molar-refractivity contribution in [3.05, 3.63) is 18.1 Å². The monoisotopic (exact) mass is 427 g/mol. The summed E-state index contributed by atoms with van der Waals surface area (Å²) in [5.41, 5.74) is 1.08. The maximum Gasteiger partial charge on any atom is 0.317 e. The molecule has 0 radical (unpaired) electrons. The van der Waals surface area contributed by atoms with E-state index < -0.39 is 0 Å². The maximum atomic E-state index is 12.9. The predicted octanol–water partition coefficient (Wildman–Crippen LogP) is 3.66. The summed E-state index contributed by atoms with van der Waals surface area (Å²) < 4.78 is 1.87. The molecule has 2 aromatic rings. The number of aryl methyl sites for hydroxylation is 1. The molecule has 2 saturated heterocycles. The summed E-state index contributed by atoms with van der Waals surface area (Å²) in [6.45, 7) is 9.09. The smallest absolute Gasteiger partial charge is 0.317 e. The number of hydrogen-bond donors (Lipinski definition) is 1. The SMILES string of the molecule is CCCc1cc(N2CCC([C@@H]3CCCCCN3C(=O)NC(C)C)CC2)n2ncnc2n1. The van der Waals surface area contributed by atoms with Crippen molar-refractivity contribution in [2.24, 2.45) is 5.92 Å². The van der Waals surface area contributed by atoms with Gasteiger partial charge in [-0.15, -0.1) is 0 Å². The van der Waals surface area contributed by atoms with Crippen molar-refractivity contribution in [2.45, 2.75) is 84.2 Å². The highest BCUT2D eigenvalue weighted by molar-refractivity contribution is 5.75. The van der Waals surface area contributed by atoms with E-state index >= 15 is 0 Å². The van der Waals surface area contributed by atoms with Gasteiger partial charge in [0.1, 0.15) is 12.1 Å². The molecule has 2 aliphatic heterocycles. The van der Waals surface area contributed by atoms with Crippen LogP contribution in [0.2, 0.25) is 0 Å². The molecule has 0 spiro atoms. The largest absolute Gasteiger partial charge is 0.356 e. The lowest BCUT2D eigenvalue weighted by atomic mass is 9.86. The molecule has 31 heavy (non-hydrogen) atoms. The van der Waals surface area contributed by atoms with E-state index in [0.29, 0.717) is 17.7 Å². The minimum absolute atomic E-state index is 0.118. The Balaban J connectivity index is 1.48. The van der Waals surface area contributed by atoms with Gasteiger partial charge in [0.15, 0.2) is 0 Å². The molecule has 0 saturated carbocycles. The zero-order valence-electron chi connectivity index (χ0n) is 19.3. The van der Waals surface area contributed by atoms with Crippen LogP contribution < -0.4 is 10.2 Å². The van der Waals surface area contributed by atoms with Crippen LogP contribution in [0.15, 0.2) is 12.4 Å². The highest BCUT2D eigenvalue weighted by Gasteiger charge is 2.34. The Morgan fingerprint density at radius 3 is 2.71 bits per heavy atom. The first kappa shape index (κ1) is 21.8. The molecule has 2 amide bonds. The van der Waals surface area contributed by atoms with Crippen LogP contribution in [-0.4, -0.2) is 62.2 Å². The van der Waals surface area contributed by atoms with Crippen molar-refractivity contribution < 1.29 is 4.79 Å². The summed E-state index contributed by atoms with van der Waals surface area (Å²) in [7, 11) is 0. The first-order valence-corrected chi connectivity index (χ1v) is 12.1. The van der Waals surface area contributed by atoms with E-state index in [-0.39, 0.29) is 12.1 Å². The summed E-state index contributed by atoms with van der Waals surface area (Å²) in [5.74, 6) is 2.33. The van der Waals surface area contributed by atoms with Gasteiger partial charge in [-0.1, -0.05) is 26.2 Å². The molecule has 8 heteroatoms. The number of nitrogens with one attached hydrogen (secondary N) is 1. The number of amides is 2. The van der Waals surface area contributed by atoms with Gasteiger partial charge in [0, 0.05) is 43.5 Å². The maximum absolute atomic E-state index is 12.9. The summed E-state index contributed by atoms with van der Waals surface area (Å²) >= 11 is 0. The van der Waals surface area contributed by atoms with Crippen molar-refractivity contribution in [1.29, 1.82) is 0 Å². The summed E-state index contributed by atoms with van der Waals surface area (Å²) in [6, 6.07) is 2.82. The molecule has 0 aromatic carbocycles. The van der Waals surface area contributed by atoms with Crippen molar-refractivity contribution in [3.63, 3.8) is 0 Å². The van der Waals surface area contributed by atoms with Gasteiger partial charge in [0.25, 0.3) is 5.78 Å². The van der Waals surface area contributed by atoms with Crippen LogP contribution >= 0.6 is 0 Å². The minimum Gasteiger partial charge on any atom is -0.356 e. The Hall–Kier alpha value is -2.38. The Kier molecular flexibility index (Phi) is 6.92. The number of fused-ring (bicyclic) bond motifs is 1. The molecular formula is C23H37N7O. The number of anilines is 1. The van der Waals surface area contributed by atoms with Crippen LogP contribution in [0.3, 0.4) is 0 Å². The molecular weight excluding hydrogens is 390 g/mol. The molecule has 0 unspecified atom stereocenters. The number of hydrogen-bond acceptors (Lipinski definition) is 5. The number of carbonyl (C=O) groups is 1. The minimum atomic E-state index is 0.118. The van der Waals surface area contributed by atoms with E-state index in [1.54, 1.807) is 6.33 Å². The van der Waals surface area contributed by atoms with Gasteiger partial charge in [0.2, 0.25) is 0 Å². The lowest BCUT2D eigenvalue weighted by Gasteiger charge is -2.41. The summed E-state index contributed by atoms with van der Waals surface area (Å²) in [6.07, 6.45) is 10.5. The number of piperidine rings is 1. The second-order valence-electron chi connectivity index (χ2n) is 9.37. The van der Waals surface area contributed by atoms with E-state index in [4.69, 9.17) is 0 Å². The molecule has 2 aliphatic rings. The lowest BCUT2D eigenvalue weighted by molar-refractivity contribution is 0.135. The van der Waals surface area contributed by atoms with Gasteiger partial charge < -0.3 is 15.1 Å².